The molecule has 6 nitrogen and oxygen atoms in total. The zero-order chi connectivity index (χ0) is 10.8. The summed E-state index contributed by atoms with van der Waals surface area (Å²) in [7, 11) is 0. The molecule has 1 fully saturated rings. The van der Waals surface area contributed by atoms with Crippen molar-refractivity contribution < 1.29 is 9.66 Å². The van der Waals surface area contributed by atoms with Crippen LogP contribution in [-0.2, 0) is 4.74 Å². The molecule has 1 saturated heterocycles. The van der Waals surface area contributed by atoms with Gasteiger partial charge in [-0.1, -0.05) is 0 Å². The Balaban J connectivity index is 2.21. The van der Waals surface area contributed by atoms with Crippen molar-refractivity contribution in [3.63, 3.8) is 0 Å². The van der Waals surface area contributed by atoms with Gasteiger partial charge in [-0.2, -0.15) is 5.10 Å². The minimum absolute atomic E-state index is 0.000531. The van der Waals surface area contributed by atoms with Crippen LogP contribution in [0.15, 0.2) is 10.8 Å². The van der Waals surface area contributed by atoms with Crippen LogP contribution in [0.2, 0.25) is 0 Å². The smallest absolute Gasteiger partial charge is 0.321 e. The van der Waals surface area contributed by atoms with E-state index in [9.17, 15) is 10.1 Å². The molecule has 0 saturated carbocycles. The van der Waals surface area contributed by atoms with Crippen LogP contribution in [0, 0.1) is 10.1 Å². The van der Waals surface area contributed by atoms with E-state index in [2.05, 4.69) is 21.0 Å². The highest BCUT2D eigenvalue weighted by molar-refractivity contribution is 9.10. The Morgan fingerprint density at radius 3 is 3.07 bits per heavy atom. The summed E-state index contributed by atoms with van der Waals surface area (Å²) in [6, 6.07) is 0.115. The van der Waals surface area contributed by atoms with E-state index >= 15 is 0 Å². The normalized spacial score (nSPS) is 21.5. The first-order chi connectivity index (χ1) is 7.18. The highest BCUT2D eigenvalue weighted by Gasteiger charge is 2.22. The third-order valence-corrected chi connectivity index (χ3v) is 2.94. The molecule has 1 aliphatic heterocycles. The van der Waals surface area contributed by atoms with Crippen molar-refractivity contribution in [2.45, 2.75) is 18.9 Å². The number of ether oxygens (including phenoxy) is 1. The molecule has 1 aromatic rings. The second kappa shape index (κ2) is 4.28. The number of hydrogen-bond acceptors (Lipinski definition) is 4. The predicted molar refractivity (Wildman–Crippen MR) is 55.7 cm³/mol. The Labute approximate surface area is 94.5 Å². The molecule has 1 unspecified atom stereocenters. The van der Waals surface area contributed by atoms with Gasteiger partial charge in [0, 0.05) is 6.61 Å². The molecule has 15 heavy (non-hydrogen) atoms. The van der Waals surface area contributed by atoms with Crippen molar-refractivity contribution in [2.75, 3.05) is 13.2 Å². The molecule has 1 aromatic heterocycles. The van der Waals surface area contributed by atoms with E-state index < -0.39 is 4.92 Å². The third-order valence-electron chi connectivity index (χ3n) is 2.38. The highest BCUT2D eigenvalue weighted by Crippen LogP contribution is 2.27. The lowest BCUT2D eigenvalue weighted by Gasteiger charge is -2.21. The van der Waals surface area contributed by atoms with E-state index in [-0.39, 0.29) is 16.3 Å². The van der Waals surface area contributed by atoms with Gasteiger partial charge in [0.2, 0.25) is 4.60 Å². The zero-order valence-corrected chi connectivity index (χ0v) is 9.51. The fourth-order valence-corrected chi connectivity index (χ4v) is 2.03. The molecule has 1 atom stereocenters. The number of rotatable bonds is 2. The van der Waals surface area contributed by atoms with Gasteiger partial charge >= 0.3 is 5.69 Å². The van der Waals surface area contributed by atoms with Crippen molar-refractivity contribution >= 4 is 21.6 Å². The van der Waals surface area contributed by atoms with E-state index in [1.807, 2.05) is 0 Å². The first-order valence-corrected chi connectivity index (χ1v) is 5.44. The molecule has 2 rings (SSSR count). The van der Waals surface area contributed by atoms with Crippen LogP contribution < -0.4 is 0 Å². The summed E-state index contributed by atoms with van der Waals surface area (Å²) < 4.78 is 7.19. The molecule has 0 amide bonds. The first-order valence-electron chi connectivity index (χ1n) is 4.65. The van der Waals surface area contributed by atoms with Crippen LogP contribution in [0.1, 0.15) is 18.9 Å². The fraction of sp³-hybridized carbons (Fsp3) is 0.625. The Morgan fingerprint density at radius 2 is 2.53 bits per heavy atom. The van der Waals surface area contributed by atoms with Crippen molar-refractivity contribution in [3.8, 4) is 0 Å². The lowest BCUT2D eigenvalue weighted by molar-refractivity contribution is -0.385. The Morgan fingerprint density at radius 1 is 1.73 bits per heavy atom. The molecule has 2 heterocycles. The summed E-state index contributed by atoms with van der Waals surface area (Å²) in [4.78, 5) is 10.2. The fourth-order valence-electron chi connectivity index (χ4n) is 1.60. The van der Waals surface area contributed by atoms with Crippen LogP contribution >= 0.6 is 15.9 Å². The van der Waals surface area contributed by atoms with Crippen LogP contribution in [0.4, 0.5) is 5.69 Å². The maximum absolute atomic E-state index is 10.6. The minimum Gasteiger partial charge on any atom is -0.379 e. The summed E-state index contributed by atoms with van der Waals surface area (Å²) in [5, 5.41) is 14.7. The number of halogens is 1. The second-order valence-electron chi connectivity index (χ2n) is 3.41. The number of aromatic nitrogens is 2. The largest absolute Gasteiger partial charge is 0.379 e. The lowest BCUT2D eigenvalue weighted by atomic mass is 10.1. The van der Waals surface area contributed by atoms with Gasteiger partial charge in [0.25, 0.3) is 0 Å². The second-order valence-corrected chi connectivity index (χ2v) is 4.16. The topological polar surface area (TPSA) is 70.2 Å². The maximum Gasteiger partial charge on any atom is 0.321 e. The lowest BCUT2D eigenvalue weighted by Crippen LogP contribution is -2.21. The average molecular weight is 276 g/mol. The summed E-state index contributed by atoms with van der Waals surface area (Å²) in [6.07, 6.45) is 3.37. The molecule has 0 spiro atoms. The van der Waals surface area contributed by atoms with E-state index in [1.165, 1.54) is 6.20 Å². The van der Waals surface area contributed by atoms with E-state index in [0.717, 1.165) is 19.4 Å². The zero-order valence-electron chi connectivity index (χ0n) is 7.93. The quantitative estimate of drug-likeness (QED) is 0.611. The molecular weight excluding hydrogens is 266 g/mol. The van der Waals surface area contributed by atoms with Gasteiger partial charge in [-0.15, -0.1) is 0 Å². The molecule has 1 aliphatic rings. The highest BCUT2D eigenvalue weighted by atomic mass is 79.9. The van der Waals surface area contributed by atoms with Gasteiger partial charge in [-0.25, -0.2) is 0 Å². The predicted octanol–water partition coefficient (Wildman–Crippen LogP) is 1.91. The van der Waals surface area contributed by atoms with Crippen molar-refractivity contribution in [3.05, 3.63) is 20.9 Å². The standard InChI is InChI=1S/C8H10BrN3O3/c9-8-7(12(13)14)4-11(10-8)6-2-1-3-15-5-6/h4,6H,1-3,5H2. The van der Waals surface area contributed by atoms with Crippen LogP contribution in [-0.4, -0.2) is 27.9 Å². The monoisotopic (exact) mass is 275 g/mol. The number of nitrogens with zero attached hydrogens (tertiary/aromatic N) is 3. The van der Waals surface area contributed by atoms with Gasteiger partial charge < -0.3 is 4.74 Å². The third kappa shape index (κ3) is 2.18. The first kappa shape index (κ1) is 10.6. The number of hydrogen-bond donors (Lipinski definition) is 0. The van der Waals surface area contributed by atoms with Gasteiger partial charge in [0.15, 0.2) is 0 Å². The SMILES string of the molecule is O=[N+]([O-])c1cn(C2CCCOC2)nc1Br. The van der Waals surface area contributed by atoms with Gasteiger partial charge in [0.1, 0.15) is 6.20 Å². The molecule has 82 valence electrons. The Bertz CT molecular complexity index is 373. The van der Waals surface area contributed by atoms with Crippen LogP contribution in [0.5, 0.6) is 0 Å². The summed E-state index contributed by atoms with van der Waals surface area (Å²) >= 11 is 3.07. The van der Waals surface area contributed by atoms with Gasteiger partial charge in [-0.3, -0.25) is 14.8 Å². The van der Waals surface area contributed by atoms with Crippen molar-refractivity contribution in [1.29, 1.82) is 0 Å². The van der Waals surface area contributed by atoms with Crippen LogP contribution in [0.3, 0.4) is 0 Å². The maximum atomic E-state index is 10.6. The summed E-state index contributed by atoms with van der Waals surface area (Å²) in [5.74, 6) is 0. The molecular formula is C8H10BrN3O3. The van der Waals surface area contributed by atoms with Crippen molar-refractivity contribution in [2.24, 2.45) is 0 Å². The average Bonchev–Trinajstić information content (AvgIpc) is 2.62. The van der Waals surface area contributed by atoms with Crippen LogP contribution in [0.25, 0.3) is 0 Å². The van der Waals surface area contributed by atoms with E-state index in [4.69, 9.17) is 4.74 Å². The minimum atomic E-state index is -0.447. The van der Waals surface area contributed by atoms with E-state index in [0.29, 0.717) is 6.61 Å². The molecule has 0 bridgehead atoms. The summed E-state index contributed by atoms with van der Waals surface area (Å²) in [5.41, 5.74) is 0.000531. The van der Waals surface area contributed by atoms with Gasteiger partial charge in [0.05, 0.1) is 17.6 Å². The van der Waals surface area contributed by atoms with Gasteiger partial charge in [-0.05, 0) is 28.8 Å². The van der Waals surface area contributed by atoms with Crippen molar-refractivity contribution in [1.82, 2.24) is 9.78 Å². The Kier molecular flexibility index (Phi) is 3.01. The van der Waals surface area contributed by atoms with E-state index in [1.54, 1.807) is 4.68 Å². The molecule has 7 heteroatoms. The summed E-state index contributed by atoms with van der Waals surface area (Å²) in [6.45, 7) is 1.34. The number of nitro groups is 1. The molecule has 0 radical (unpaired) electrons. The molecule has 0 N–H and O–H groups in total. The molecule has 0 aliphatic carbocycles. The Hall–Kier alpha value is -0.950. The molecule has 0 aromatic carbocycles.